The zero-order chi connectivity index (χ0) is 22.6. The molecule has 5 rings (SSSR count). The lowest BCUT2D eigenvalue weighted by Crippen LogP contribution is -2.49. The molecule has 1 aliphatic heterocycles. The molecule has 2 aromatic heterocycles. The molecule has 0 spiro atoms. The normalized spacial score (nSPS) is 18.1. The van der Waals surface area contributed by atoms with E-state index in [0.29, 0.717) is 12.1 Å². The molecule has 33 heavy (non-hydrogen) atoms. The number of rotatable bonds is 5. The highest BCUT2D eigenvalue weighted by Crippen LogP contribution is 2.30. The molecular weight excluding hydrogens is 410 g/mol. The van der Waals surface area contributed by atoms with Gasteiger partial charge < -0.3 is 15.0 Å². The summed E-state index contributed by atoms with van der Waals surface area (Å²) in [6.45, 7) is 4.27. The van der Waals surface area contributed by atoms with Crippen LogP contribution in [0, 0.1) is 11.3 Å². The van der Waals surface area contributed by atoms with Gasteiger partial charge in [0.05, 0.1) is 29.0 Å². The van der Waals surface area contributed by atoms with E-state index in [4.69, 9.17) is 9.72 Å². The lowest BCUT2D eigenvalue weighted by atomic mass is 10.1. The van der Waals surface area contributed by atoms with Crippen LogP contribution in [0.5, 0.6) is 0 Å². The Bertz CT molecular complexity index is 1300. The first-order valence-electron chi connectivity index (χ1n) is 11.2. The molecule has 1 aliphatic rings. The third-order valence-corrected chi connectivity index (χ3v) is 5.86. The number of morpholine rings is 1. The van der Waals surface area contributed by atoms with Crippen LogP contribution in [-0.2, 0) is 4.74 Å². The maximum absolute atomic E-state index is 9.45. The number of benzene rings is 2. The quantitative estimate of drug-likeness (QED) is 0.482. The van der Waals surface area contributed by atoms with Crippen LogP contribution in [0.4, 0.5) is 11.5 Å². The largest absolute Gasteiger partial charge is 0.370 e. The number of anilines is 2. The number of hydrogen-bond acceptors (Lipinski definition) is 6. The first-order valence-corrected chi connectivity index (χ1v) is 11.2. The molecule has 0 saturated carbocycles. The fourth-order valence-electron chi connectivity index (χ4n) is 4.40. The van der Waals surface area contributed by atoms with Crippen LogP contribution in [0.15, 0.2) is 79.0 Å². The van der Waals surface area contributed by atoms with Crippen LogP contribution in [0.25, 0.3) is 22.2 Å². The highest BCUT2D eigenvalue weighted by molar-refractivity contribution is 5.95. The van der Waals surface area contributed by atoms with Gasteiger partial charge in [0.15, 0.2) is 0 Å². The monoisotopic (exact) mass is 435 g/mol. The lowest BCUT2D eigenvalue weighted by Gasteiger charge is -2.38. The molecule has 0 aliphatic carbocycles. The van der Waals surface area contributed by atoms with E-state index in [1.165, 1.54) is 0 Å². The van der Waals surface area contributed by atoms with Gasteiger partial charge in [0, 0.05) is 42.5 Å². The molecule has 4 aromatic rings. The third-order valence-electron chi connectivity index (χ3n) is 5.86. The summed E-state index contributed by atoms with van der Waals surface area (Å²) in [6, 6.07) is 26.3. The van der Waals surface area contributed by atoms with Crippen LogP contribution in [0.1, 0.15) is 12.5 Å². The molecule has 2 atom stereocenters. The number of fused-ring (bicyclic) bond motifs is 1. The Kier molecular flexibility index (Phi) is 5.88. The summed E-state index contributed by atoms with van der Waals surface area (Å²) >= 11 is 0. The van der Waals surface area contributed by atoms with Crippen molar-refractivity contribution >= 4 is 22.4 Å². The summed E-state index contributed by atoms with van der Waals surface area (Å²) in [5, 5.41) is 13.9. The fraction of sp³-hybridized carbons (Fsp3) is 0.222. The molecular formula is C27H25N5O. The van der Waals surface area contributed by atoms with E-state index >= 15 is 0 Å². The fourth-order valence-corrected chi connectivity index (χ4v) is 4.40. The topological polar surface area (TPSA) is 74.1 Å². The van der Waals surface area contributed by atoms with E-state index < -0.39 is 0 Å². The Morgan fingerprint density at radius 1 is 1.03 bits per heavy atom. The number of hydrogen-bond donors (Lipinski definition) is 1. The predicted octanol–water partition coefficient (Wildman–Crippen LogP) is 4.87. The summed E-state index contributed by atoms with van der Waals surface area (Å²) < 4.78 is 6.23. The molecule has 0 amide bonds. The smallest absolute Gasteiger partial charge is 0.126 e. The Hall–Kier alpha value is -3.95. The number of nitrogens with zero attached hydrogens (tertiary/aromatic N) is 4. The van der Waals surface area contributed by atoms with Crippen LogP contribution < -0.4 is 10.2 Å². The standard InChI is InChI=1S/C27H25N5O/c1-19-17-32(25-13-12-21(15-28)27-23(25)9-6-14-29-27)18-22(33-19)16-30-26-11-5-10-24(31-26)20-7-3-2-4-8-20/h2-14,19,22H,16-18H2,1H3,(H,30,31)/t19-,22-/m1/s1. The van der Waals surface area contributed by atoms with Gasteiger partial charge in [0.25, 0.3) is 0 Å². The van der Waals surface area contributed by atoms with Crippen LogP contribution in [0.2, 0.25) is 0 Å². The highest BCUT2D eigenvalue weighted by Gasteiger charge is 2.27. The molecule has 0 unspecified atom stereocenters. The molecule has 0 bridgehead atoms. The van der Waals surface area contributed by atoms with Gasteiger partial charge in [-0.1, -0.05) is 36.4 Å². The van der Waals surface area contributed by atoms with Gasteiger partial charge in [-0.2, -0.15) is 5.26 Å². The van der Waals surface area contributed by atoms with E-state index in [1.54, 1.807) is 6.20 Å². The van der Waals surface area contributed by atoms with E-state index in [0.717, 1.165) is 46.8 Å². The van der Waals surface area contributed by atoms with Gasteiger partial charge in [0.2, 0.25) is 0 Å². The Balaban J connectivity index is 1.33. The minimum absolute atomic E-state index is 0.00158. The molecule has 2 aromatic carbocycles. The zero-order valence-electron chi connectivity index (χ0n) is 18.5. The average molecular weight is 436 g/mol. The number of ether oxygens (including phenoxy) is 1. The number of pyridine rings is 2. The molecule has 6 nitrogen and oxygen atoms in total. The van der Waals surface area contributed by atoms with Gasteiger partial charge in [-0.05, 0) is 43.3 Å². The Morgan fingerprint density at radius 2 is 1.91 bits per heavy atom. The second kappa shape index (κ2) is 9.27. The minimum atomic E-state index is -0.00158. The maximum Gasteiger partial charge on any atom is 0.126 e. The van der Waals surface area contributed by atoms with Crippen LogP contribution in [0.3, 0.4) is 0 Å². The van der Waals surface area contributed by atoms with E-state index in [9.17, 15) is 5.26 Å². The SMILES string of the molecule is C[C@@H]1CN(c2ccc(C#N)c3ncccc23)C[C@@H](CNc2cccc(-c3ccccc3)n2)O1. The van der Waals surface area contributed by atoms with E-state index in [1.807, 2.05) is 60.7 Å². The number of aromatic nitrogens is 2. The van der Waals surface area contributed by atoms with Crippen molar-refractivity contribution in [3.63, 3.8) is 0 Å². The second-order valence-corrected chi connectivity index (χ2v) is 8.27. The summed E-state index contributed by atoms with van der Waals surface area (Å²) in [7, 11) is 0. The highest BCUT2D eigenvalue weighted by atomic mass is 16.5. The first kappa shape index (κ1) is 20.9. The first-order chi connectivity index (χ1) is 16.2. The third kappa shape index (κ3) is 4.50. The maximum atomic E-state index is 9.45. The van der Waals surface area contributed by atoms with Crippen molar-refractivity contribution in [2.24, 2.45) is 0 Å². The minimum Gasteiger partial charge on any atom is -0.370 e. The van der Waals surface area contributed by atoms with Crippen molar-refractivity contribution in [1.29, 1.82) is 5.26 Å². The van der Waals surface area contributed by atoms with Gasteiger partial charge in [-0.25, -0.2) is 4.98 Å². The van der Waals surface area contributed by atoms with Crippen molar-refractivity contribution < 1.29 is 4.74 Å². The molecule has 3 heterocycles. The van der Waals surface area contributed by atoms with Crippen molar-refractivity contribution in [2.45, 2.75) is 19.1 Å². The van der Waals surface area contributed by atoms with Gasteiger partial charge >= 0.3 is 0 Å². The van der Waals surface area contributed by atoms with Gasteiger partial charge in [0.1, 0.15) is 11.9 Å². The van der Waals surface area contributed by atoms with Crippen LogP contribution >= 0.6 is 0 Å². The predicted molar refractivity (Wildman–Crippen MR) is 131 cm³/mol. The van der Waals surface area contributed by atoms with E-state index in [-0.39, 0.29) is 12.2 Å². The zero-order valence-corrected chi connectivity index (χ0v) is 18.5. The molecule has 6 heteroatoms. The Labute approximate surface area is 193 Å². The van der Waals surface area contributed by atoms with Gasteiger partial charge in [-0.3, -0.25) is 4.98 Å². The molecule has 164 valence electrons. The van der Waals surface area contributed by atoms with Crippen molar-refractivity contribution in [3.8, 4) is 17.3 Å². The van der Waals surface area contributed by atoms with Gasteiger partial charge in [-0.15, -0.1) is 0 Å². The van der Waals surface area contributed by atoms with Crippen molar-refractivity contribution in [3.05, 3.63) is 84.6 Å². The lowest BCUT2D eigenvalue weighted by molar-refractivity contribution is -0.00823. The van der Waals surface area contributed by atoms with E-state index in [2.05, 4.69) is 40.3 Å². The average Bonchev–Trinajstić information content (AvgIpc) is 2.87. The number of nitriles is 1. The molecule has 1 saturated heterocycles. The molecule has 0 radical (unpaired) electrons. The van der Waals surface area contributed by atoms with Crippen molar-refractivity contribution in [1.82, 2.24) is 9.97 Å². The summed E-state index contributed by atoms with van der Waals surface area (Å²) in [4.78, 5) is 11.6. The molecule has 1 fully saturated rings. The number of nitrogens with one attached hydrogen (secondary N) is 1. The van der Waals surface area contributed by atoms with Crippen molar-refractivity contribution in [2.75, 3.05) is 29.9 Å². The molecule has 1 N–H and O–H groups in total. The summed E-state index contributed by atoms with van der Waals surface area (Å²) in [5.41, 5.74) is 4.46. The Morgan fingerprint density at radius 3 is 2.76 bits per heavy atom. The summed E-state index contributed by atoms with van der Waals surface area (Å²) in [5.74, 6) is 0.831. The van der Waals surface area contributed by atoms with Crippen LogP contribution in [-0.4, -0.2) is 41.8 Å². The summed E-state index contributed by atoms with van der Waals surface area (Å²) in [6.07, 6.45) is 1.81. The second-order valence-electron chi connectivity index (χ2n) is 8.27.